The molecule has 26 heavy (non-hydrogen) atoms. The average Bonchev–Trinajstić information content (AvgIpc) is 3.05. The van der Waals surface area contributed by atoms with E-state index in [1.807, 2.05) is 66.1 Å². The summed E-state index contributed by atoms with van der Waals surface area (Å²) >= 11 is 7.86. The number of para-hydroxylation sites is 1. The molecule has 134 valence electrons. The molecule has 1 heterocycles. The third-order valence-corrected chi connectivity index (χ3v) is 5.16. The molecular weight excluding hydrogens is 366 g/mol. The van der Waals surface area contributed by atoms with Crippen LogP contribution in [-0.2, 0) is 12.3 Å². The highest BCUT2D eigenvalue weighted by atomic mass is 35.5. The van der Waals surface area contributed by atoms with Crippen molar-refractivity contribution in [2.45, 2.75) is 24.4 Å². The van der Waals surface area contributed by atoms with Crippen LogP contribution in [0.3, 0.4) is 0 Å². The molecule has 0 radical (unpaired) electrons. The lowest BCUT2D eigenvalue weighted by atomic mass is 10.2. The van der Waals surface area contributed by atoms with Gasteiger partial charge in [0.1, 0.15) is 5.75 Å². The van der Waals surface area contributed by atoms with E-state index in [0.717, 1.165) is 38.6 Å². The van der Waals surface area contributed by atoms with Crippen molar-refractivity contribution >= 4 is 23.4 Å². The maximum atomic E-state index is 6.26. The van der Waals surface area contributed by atoms with Gasteiger partial charge < -0.3 is 4.74 Å². The van der Waals surface area contributed by atoms with Crippen molar-refractivity contribution in [2.24, 2.45) is 0 Å². The van der Waals surface area contributed by atoms with Gasteiger partial charge in [0, 0.05) is 17.3 Å². The second-order valence-corrected chi connectivity index (χ2v) is 6.86. The van der Waals surface area contributed by atoms with Gasteiger partial charge in [0.15, 0.2) is 11.0 Å². The zero-order valence-electron chi connectivity index (χ0n) is 14.6. The number of allylic oxidation sites excluding steroid dienone is 1. The Kier molecular flexibility index (Phi) is 6.36. The third-order valence-electron chi connectivity index (χ3n) is 3.77. The monoisotopic (exact) mass is 385 g/mol. The van der Waals surface area contributed by atoms with Crippen molar-refractivity contribution in [3.63, 3.8) is 0 Å². The Morgan fingerprint density at radius 3 is 2.69 bits per heavy atom. The minimum Gasteiger partial charge on any atom is -0.493 e. The molecule has 0 saturated carbocycles. The molecule has 0 unspecified atom stereocenters. The molecule has 0 amide bonds. The number of halogens is 1. The Morgan fingerprint density at radius 2 is 1.92 bits per heavy atom. The number of thioether (sulfide) groups is 1. The van der Waals surface area contributed by atoms with Gasteiger partial charge in [0.05, 0.1) is 12.2 Å². The zero-order chi connectivity index (χ0) is 18.4. The number of ether oxygens (including phenoxy) is 1. The molecule has 3 aromatic rings. The van der Waals surface area contributed by atoms with E-state index in [1.165, 1.54) is 0 Å². The van der Waals surface area contributed by atoms with E-state index >= 15 is 0 Å². The van der Waals surface area contributed by atoms with Gasteiger partial charge >= 0.3 is 0 Å². The largest absolute Gasteiger partial charge is 0.493 e. The molecule has 4 nitrogen and oxygen atoms in total. The van der Waals surface area contributed by atoms with Crippen molar-refractivity contribution < 1.29 is 4.74 Å². The standard InChI is InChI=1S/C20H20ClN3OS/c1-3-13-24-19(16-10-6-8-12-18(16)25-4-2)22-23-20(24)26-14-15-9-5-7-11-17(15)21/h3,5-12H,1,4,13-14H2,2H3. The second kappa shape index (κ2) is 8.92. The van der Waals surface area contributed by atoms with Crippen LogP contribution in [0.5, 0.6) is 5.75 Å². The highest BCUT2D eigenvalue weighted by molar-refractivity contribution is 7.98. The Morgan fingerprint density at radius 1 is 1.15 bits per heavy atom. The summed E-state index contributed by atoms with van der Waals surface area (Å²) in [5.74, 6) is 2.30. The van der Waals surface area contributed by atoms with E-state index in [9.17, 15) is 0 Å². The molecule has 1 aromatic heterocycles. The maximum Gasteiger partial charge on any atom is 0.192 e. The molecule has 0 N–H and O–H groups in total. The number of hydrogen-bond acceptors (Lipinski definition) is 4. The van der Waals surface area contributed by atoms with Crippen LogP contribution in [0.1, 0.15) is 12.5 Å². The van der Waals surface area contributed by atoms with E-state index in [0.29, 0.717) is 13.2 Å². The van der Waals surface area contributed by atoms with Crippen LogP contribution in [-0.4, -0.2) is 21.4 Å². The first-order chi connectivity index (χ1) is 12.7. The van der Waals surface area contributed by atoms with Crippen LogP contribution in [0.4, 0.5) is 0 Å². The fraction of sp³-hybridized carbons (Fsp3) is 0.200. The van der Waals surface area contributed by atoms with Gasteiger partial charge in [0.25, 0.3) is 0 Å². The summed E-state index contributed by atoms with van der Waals surface area (Å²) < 4.78 is 7.80. The highest BCUT2D eigenvalue weighted by Crippen LogP contribution is 2.32. The van der Waals surface area contributed by atoms with E-state index in [2.05, 4.69) is 16.8 Å². The predicted octanol–water partition coefficient (Wildman–Crippen LogP) is 5.48. The first-order valence-electron chi connectivity index (χ1n) is 8.37. The van der Waals surface area contributed by atoms with Gasteiger partial charge in [-0.25, -0.2) is 0 Å². The lowest BCUT2D eigenvalue weighted by Crippen LogP contribution is -2.02. The molecule has 0 spiro atoms. The summed E-state index contributed by atoms with van der Waals surface area (Å²) in [6, 6.07) is 15.7. The predicted molar refractivity (Wildman–Crippen MR) is 108 cm³/mol. The Labute approximate surface area is 162 Å². The number of hydrogen-bond donors (Lipinski definition) is 0. The van der Waals surface area contributed by atoms with Crippen molar-refractivity contribution in [3.8, 4) is 17.1 Å². The summed E-state index contributed by atoms with van der Waals surface area (Å²) in [6.45, 7) is 7.05. The molecule has 3 rings (SSSR count). The SMILES string of the molecule is C=CCn1c(SCc2ccccc2Cl)nnc1-c1ccccc1OCC. The normalized spacial score (nSPS) is 10.7. The van der Waals surface area contributed by atoms with Gasteiger partial charge in [0.2, 0.25) is 0 Å². The third kappa shape index (κ3) is 4.11. The first-order valence-corrected chi connectivity index (χ1v) is 9.73. The van der Waals surface area contributed by atoms with Crippen molar-refractivity contribution in [1.82, 2.24) is 14.8 Å². The molecular formula is C20H20ClN3OS. The second-order valence-electron chi connectivity index (χ2n) is 5.51. The van der Waals surface area contributed by atoms with Crippen LogP contribution in [0.2, 0.25) is 5.02 Å². The maximum absolute atomic E-state index is 6.26. The lowest BCUT2D eigenvalue weighted by molar-refractivity contribution is 0.341. The molecule has 2 aromatic carbocycles. The quantitative estimate of drug-likeness (QED) is 0.380. The van der Waals surface area contributed by atoms with Gasteiger partial charge in [-0.05, 0) is 30.7 Å². The van der Waals surface area contributed by atoms with Crippen molar-refractivity contribution in [1.29, 1.82) is 0 Å². The van der Waals surface area contributed by atoms with Crippen LogP contribution in [0.25, 0.3) is 11.4 Å². The number of aromatic nitrogens is 3. The highest BCUT2D eigenvalue weighted by Gasteiger charge is 2.17. The Bertz CT molecular complexity index is 894. The van der Waals surface area contributed by atoms with Gasteiger partial charge in [-0.1, -0.05) is 59.8 Å². The van der Waals surface area contributed by atoms with E-state index in [1.54, 1.807) is 11.8 Å². The van der Waals surface area contributed by atoms with Crippen LogP contribution < -0.4 is 4.74 Å². The number of nitrogens with zero attached hydrogens (tertiary/aromatic N) is 3. The molecule has 0 saturated heterocycles. The van der Waals surface area contributed by atoms with Gasteiger partial charge in [-0.2, -0.15) is 0 Å². The van der Waals surface area contributed by atoms with E-state index in [-0.39, 0.29) is 0 Å². The fourth-order valence-electron chi connectivity index (χ4n) is 2.58. The summed E-state index contributed by atoms with van der Waals surface area (Å²) in [7, 11) is 0. The summed E-state index contributed by atoms with van der Waals surface area (Å²) in [5.41, 5.74) is 2.00. The van der Waals surface area contributed by atoms with Crippen LogP contribution >= 0.6 is 23.4 Å². The van der Waals surface area contributed by atoms with Crippen molar-refractivity contribution in [2.75, 3.05) is 6.61 Å². The first kappa shape index (κ1) is 18.5. The van der Waals surface area contributed by atoms with Gasteiger partial charge in [-0.3, -0.25) is 4.57 Å². The fourth-order valence-corrected chi connectivity index (χ4v) is 3.81. The molecule has 0 aliphatic rings. The van der Waals surface area contributed by atoms with Crippen LogP contribution in [0, 0.1) is 0 Å². The molecule has 0 bridgehead atoms. The molecule has 0 atom stereocenters. The summed E-state index contributed by atoms with van der Waals surface area (Å²) in [5, 5.41) is 10.4. The van der Waals surface area contributed by atoms with Crippen molar-refractivity contribution in [3.05, 3.63) is 71.8 Å². The molecule has 6 heteroatoms. The van der Waals surface area contributed by atoms with Gasteiger partial charge in [-0.15, -0.1) is 16.8 Å². The van der Waals surface area contributed by atoms with E-state index < -0.39 is 0 Å². The Balaban J connectivity index is 1.92. The smallest absolute Gasteiger partial charge is 0.192 e. The minimum absolute atomic E-state index is 0.598. The molecule has 0 aliphatic heterocycles. The lowest BCUT2D eigenvalue weighted by Gasteiger charge is -2.11. The number of benzene rings is 2. The molecule has 0 aliphatic carbocycles. The van der Waals surface area contributed by atoms with E-state index in [4.69, 9.17) is 16.3 Å². The average molecular weight is 386 g/mol. The number of rotatable bonds is 8. The minimum atomic E-state index is 0.598. The summed E-state index contributed by atoms with van der Waals surface area (Å²) in [6.07, 6.45) is 1.84. The topological polar surface area (TPSA) is 39.9 Å². The molecule has 0 fully saturated rings. The summed E-state index contributed by atoms with van der Waals surface area (Å²) in [4.78, 5) is 0. The zero-order valence-corrected chi connectivity index (χ0v) is 16.1. The Hall–Kier alpha value is -2.24. The van der Waals surface area contributed by atoms with Crippen LogP contribution in [0.15, 0.2) is 66.3 Å².